The van der Waals surface area contributed by atoms with Crippen molar-refractivity contribution in [2.24, 2.45) is 0 Å². The Morgan fingerprint density at radius 1 is 1.65 bits per heavy atom. The Morgan fingerprint density at radius 2 is 2.47 bits per heavy atom. The summed E-state index contributed by atoms with van der Waals surface area (Å²) < 4.78 is 17.9. The maximum absolute atomic E-state index is 12.7. The van der Waals surface area contributed by atoms with Crippen LogP contribution in [0.4, 0.5) is 4.39 Å². The molecule has 1 aromatic heterocycles. The monoisotopic (exact) mass is 240 g/mol. The van der Waals surface area contributed by atoms with Crippen molar-refractivity contribution >= 4 is 5.91 Å². The van der Waals surface area contributed by atoms with E-state index in [2.05, 4.69) is 4.98 Å². The molecular weight excluding hydrogens is 227 g/mol. The molecule has 0 saturated carbocycles. The predicted octanol–water partition coefficient (Wildman–Crippen LogP) is 0.0540. The van der Waals surface area contributed by atoms with Gasteiger partial charge in [-0.1, -0.05) is 0 Å². The molecule has 1 unspecified atom stereocenters. The van der Waals surface area contributed by atoms with Crippen molar-refractivity contribution in [1.82, 2.24) is 9.88 Å². The Labute approximate surface area is 97.8 Å². The number of nitrogens with zero attached hydrogens (tertiary/aromatic N) is 2. The summed E-state index contributed by atoms with van der Waals surface area (Å²) >= 11 is 0. The van der Waals surface area contributed by atoms with E-state index in [-0.39, 0.29) is 24.3 Å². The molecule has 2 rings (SSSR count). The zero-order valence-corrected chi connectivity index (χ0v) is 9.17. The van der Waals surface area contributed by atoms with Gasteiger partial charge in [-0.15, -0.1) is 0 Å². The van der Waals surface area contributed by atoms with Gasteiger partial charge in [-0.25, -0.2) is 9.37 Å². The summed E-state index contributed by atoms with van der Waals surface area (Å²) in [7, 11) is 0. The minimum absolute atomic E-state index is 0.124. The predicted molar refractivity (Wildman–Crippen MR) is 56.9 cm³/mol. The second-order valence-electron chi connectivity index (χ2n) is 3.79. The van der Waals surface area contributed by atoms with Gasteiger partial charge in [0.05, 0.1) is 25.5 Å². The summed E-state index contributed by atoms with van der Waals surface area (Å²) in [4.78, 5) is 17.3. The van der Waals surface area contributed by atoms with Crippen molar-refractivity contribution < 1.29 is 19.0 Å². The summed E-state index contributed by atoms with van der Waals surface area (Å²) in [5.74, 6) is -0.747. The third-order valence-corrected chi connectivity index (χ3v) is 2.58. The van der Waals surface area contributed by atoms with E-state index >= 15 is 0 Å². The van der Waals surface area contributed by atoms with Crippen LogP contribution in [0.3, 0.4) is 0 Å². The van der Waals surface area contributed by atoms with Gasteiger partial charge in [-0.3, -0.25) is 4.79 Å². The van der Waals surface area contributed by atoms with Crippen LogP contribution in [0, 0.1) is 5.82 Å². The molecule has 2 heterocycles. The fourth-order valence-electron chi connectivity index (χ4n) is 1.68. The van der Waals surface area contributed by atoms with Gasteiger partial charge in [0.1, 0.15) is 11.5 Å². The number of morpholine rings is 1. The number of carbonyl (C=O) groups is 1. The normalized spacial score (nSPS) is 20.4. The minimum atomic E-state index is -0.475. The summed E-state index contributed by atoms with van der Waals surface area (Å²) in [6.45, 7) is 1.04. The van der Waals surface area contributed by atoms with E-state index in [4.69, 9.17) is 9.84 Å². The average Bonchev–Trinajstić information content (AvgIpc) is 2.39. The molecule has 1 aliphatic rings. The molecule has 1 saturated heterocycles. The Hall–Kier alpha value is -1.53. The van der Waals surface area contributed by atoms with E-state index in [0.29, 0.717) is 19.7 Å². The fraction of sp³-hybridized carbons (Fsp3) is 0.455. The molecule has 1 atom stereocenters. The zero-order chi connectivity index (χ0) is 12.3. The van der Waals surface area contributed by atoms with Crippen LogP contribution in [-0.2, 0) is 4.74 Å². The quantitative estimate of drug-likeness (QED) is 0.793. The highest BCUT2D eigenvalue weighted by molar-refractivity contribution is 5.92. The molecular formula is C11H13FN2O3. The topological polar surface area (TPSA) is 62.7 Å². The van der Waals surface area contributed by atoms with E-state index in [1.54, 1.807) is 4.90 Å². The lowest BCUT2D eigenvalue weighted by Gasteiger charge is -2.31. The van der Waals surface area contributed by atoms with Crippen LogP contribution >= 0.6 is 0 Å². The van der Waals surface area contributed by atoms with E-state index in [1.807, 2.05) is 0 Å². The summed E-state index contributed by atoms with van der Waals surface area (Å²) in [6.07, 6.45) is 0.658. The number of hydrogen-bond acceptors (Lipinski definition) is 4. The average molecular weight is 240 g/mol. The fourth-order valence-corrected chi connectivity index (χ4v) is 1.68. The first kappa shape index (κ1) is 11.9. The molecule has 0 aliphatic carbocycles. The molecule has 1 fully saturated rings. The standard InChI is InChI=1S/C11H13FN2O3/c12-8-1-2-10(13-5-8)11(16)14-3-4-17-9(6-14)7-15/h1-2,5,9,15H,3-4,6-7H2. The highest BCUT2D eigenvalue weighted by atomic mass is 19.1. The maximum atomic E-state index is 12.7. The van der Waals surface area contributed by atoms with Crippen molar-refractivity contribution in [1.29, 1.82) is 0 Å². The summed E-state index contributed by atoms with van der Waals surface area (Å²) in [5, 5.41) is 8.97. The summed E-state index contributed by atoms with van der Waals surface area (Å²) in [5.41, 5.74) is 0.199. The first-order chi connectivity index (χ1) is 8.20. The van der Waals surface area contributed by atoms with Gasteiger partial charge < -0.3 is 14.7 Å². The number of amides is 1. The lowest BCUT2D eigenvalue weighted by molar-refractivity contribution is -0.0448. The molecule has 1 aliphatic heterocycles. The number of rotatable bonds is 2. The number of halogens is 1. The lowest BCUT2D eigenvalue weighted by Crippen LogP contribution is -2.47. The highest BCUT2D eigenvalue weighted by Crippen LogP contribution is 2.09. The lowest BCUT2D eigenvalue weighted by atomic mass is 10.2. The third kappa shape index (κ3) is 2.78. The van der Waals surface area contributed by atoms with Gasteiger partial charge in [-0.2, -0.15) is 0 Å². The Balaban J connectivity index is 2.06. The number of aliphatic hydroxyl groups is 1. The maximum Gasteiger partial charge on any atom is 0.272 e. The molecule has 92 valence electrons. The number of ether oxygens (including phenoxy) is 1. The van der Waals surface area contributed by atoms with Gasteiger partial charge in [-0.05, 0) is 12.1 Å². The van der Waals surface area contributed by atoms with Crippen molar-refractivity contribution in [2.75, 3.05) is 26.3 Å². The van der Waals surface area contributed by atoms with Crippen LogP contribution in [0.2, 0.25) is 0 Å². The first-order valence-electron chi connectivity index (χ1n) is 5.34. The smallest absolute Gasteiger partial charge is 0.272 e. The molecule has 1 aromatic rings. The van der Waals surface area contributed by atoms with Crippen LogP contribution in [-0.4, -0.2) is 53.3 Å². The van der Waals surface area contributed by atoms with Crippen LogP contribution in [0.15, 0.2) is 18.3 Å². The molecule has 0 bridgehead atoms. The largest absolute Gasteiger partial charge is 0.394 e. The second-order valence-corrected chi connectivity index (χ2v) is 3.79. The van der Waals surface area contributed by atoms with Crippen LogP contribution in [0.1, 0.15) is 10.5 Å². The number of carbonyl (C=O) groups excluding carboxylic acids is 1. The van der Waals surface area contributed by atoms with Gasteiger partial charge in [0.15, 0.2) is 0 Å². The van der Waals surface area contributed by atoms with Crippen LogP contribution in [0.5, 0.6) is 0 Å². The highest BCUT2D eigenvalue weighted by Gasteiger charge is 2.25. The second kappa shape index (κ2) is 5.20. The van der Waals surface area contributed by atoms with Crippen molar-refractivity contribution in [3.63, 3.8) is 0 Å². The van der Waals surface area contributed by atoms with E-state index in [0.717, 1.165) is 6.20 Å². The third-order valence-electron chi connectivity index (χ3n) is 2.58. The van der Waals surface area contributed by atoms with Crippen LogP contribution in [0.25, 0.3) is 0 Å². The Morgan fingerprint density at radius 3 is 3.12 bits per heavy atom. The number of pyridine rings is 1. The van der Waals surface area contributed by atoms with Gasteiger partial charge in [0.2, 0.25) is 0 Å². The van der Waals surface area contributed by atoms with Crippen molar-refractivity contribution in [3.05, 3.63) is 29.8 Å². The molecule has 6 heteroatoms. The number of aliphatic hydroxyl groups excluding tert-OH is 1. The summed E-state index contributed by atoms with van der Waals surface area (Å²) in [6, 6.07) is 2.55. The first-order valence-corrected chi connectivity index (χ1v) is 5.34. The molecule has 17 heavy (non-hydrogen) atoms. The molecule has 5 nitrogen and oxygen atoms in total. The molecule has 0 radical (unpaired) electrons. The molecule has 0 spiro atoms. The number of aromatic nitrogens is 1. The Kier molecular flexibility index (Phi) is 3.65. The van der Waals surface area contributed by atoms with Gasteiger partial charge >= 0.3 is 0 Å². The Bertz CT molecular complexity index is 396. The van der Waals surface area contributed by atoms with E-state index in [9.17, 15) is 9.18 Å². The zero-order valence-electron chi connectivity index (χ0n) is 9.17. The SMILES string of the molecule is O=C(c1ccc(F)cn1)N1CCOC(CO)C1. The van der Waals surface area contributed by atoms with Crippen LogP contribution < -0.4 is 0 Å². The van der Waals surface area contributed by atoms with E-state index in [1.165, 1.54) is 12.1 Å². The minimum Gasteiger partial charge on any atom is -0.394 e. The number of hydrogen-bond donors (Lipinski definition) is 1. The van der Waals surface area contributed by atoms with Gasteiger partial charge in [0, 0.05) is 13.1 Å². The van der Waals surface area contributed by atoms with Crippen molar-refractivity contribution in [2.45, 2.75) is 6.10 Å². The molecule has 1 amide bonds. The van der Waals surface area contributed by atoms with Gasteiger partial charge in [0.25, 0.3) is 5.91 Å². The van der Waals surface area contributed by atoms with Crippen molar-refractivity contribution in [3.8, 4) is 0 Å². The molecule has 0 aromatic carbocycles. The van der Waals surface area contributed by atoms with E-state index < -0.39 is 5.82 Å². The molecule has 1 N–H and O–H groups in total.